The number of aromatic nitrogens is 2. The van der Waals surface area contributed by atoms with Crippen molar-refractivity contribution in [3.8, 4) is 5.75 Å². The lowest BCUT2D eigenvalue weighted by Gasteiger charge is -2.12. The van der Waals surface area contributed by atoms with Crippen LogP contribution in [0.5, 0.6) is 5.75 Å². The van der Waals surface area contributed by atoms with Crippen molar-refractivity contribution < 1.29 is 4.74 Å². The van der Waals surface area contributed by atoms with Gasteiger partial charge in [-0.15, -0.1) is 0 Å². The molecule has 0 aliphatic rings. The van der Waals surface area contributed by atoms with Crippen LogP contribution in [0.2, 0.25) is 0 Å². The highest BCUT2D eigenvalue weighted by atomic mass is 32.1. The monoisotopic (exact) mass is 265 g/mol. The average Bonchev–Trinajstić information content (AvgIpc) is 2.81. The van der Waals surface area contributed by atoms with E-state index >= 15 is 0 Å². The number of nitrogen functional groups attached to an aromatic ring is 1. The normalized spacial score (nSPS) is 10.2. The summed E-state index contributed by atoms with van der Waals surface area (Å²) in [5, 5.41) is 7.44. The molecule has 0 saturated heterocycles. The third-order valence-electron chi connectivity index (χ3n) is 2.55. The van der Waals surface area contributed by atoms with Gasteiger partial charge in [-0.2, -0.15) is 11.3 Å². The Bertz CT molecular complexity index is 528. The molecule has 4 N–H and O–H groups in total. The predicted octanol–water partition coefficient (Wildman–Crippen LogP) is 1.75. The maximum absolute atomic E-state index is 5.36. The van der Waals surface area contributed by atoms with Crippen LogP contribution in [0.25, 0.3) is 0 Å². The molecule has 6 nitrogen and oxygen atoms in total. The summed E-state index contributed by atoms with van der Waals surface area (Å²) in [6.07, 6.45) is 1.43. The second kappa shape index (κ2) is 5.65. The van der Waals surface area contributed by atoms with Gasteiger partial charge in [0.2, 0.25) is 5.75 Å². The van der Waals surface area contributed by atoms with E-state index in [0.29, 0.717) is 23.9 Å². The molecule has 0 aliphatic carbocycles. The van der Waals surface area contributed by atoms with Gasteiger partial charge >= 0.3 is 0 Å². The van der Waals surface area contributed by atoms with Crippen molar-refractivity contribution in [1.82, 2.24) is 9.97 Å². The first kappa shape index (κ1) is 12.6. The molecule has 0 bridgehead atoms. The summed E-state index contributed by atoms with van der Waals surface area (Å²) in [6.45, 7) is 2.77. The van der Waals surface area contributed by atoms with Gasteiger partial charge in [-0.3, -0.25) is 0 Å². The second-order valence-electron chi connectivity index (χ2n) is 3.68. The van der Waals surface area contributed by atoms with Gasteiger partial charge in [0.05, 0.1) is 7.11 Å². The van der Waals surface area contributed by atoms with Gasteiger partial charge in [0.1, 0.15) is 6.33 Å². The van der Waals surface area contributed by atoms with E-state index in [4.69, 9.17) is 10.6 Å². The molecule has 0 unspecified atom stereocenters. The van der Waals surface area contributed by atoms with Crippen molar-refractivity contribution in [2.24, 2.45) is 5.84 Å². The Hall–Kier alpha value is -1.86. The highest BCUT2D eigenvalue weighted by Gasteiger charge is 2.11. The topological polar surface area (TPSA) is 85.1 Å². The van der Waals surface area contributed by atoms with E-state index in [2.05, 4.69) is 38.4 Å². The van der Waals surface area contributed by atoms with E-state index in [1.54, 1.807) is 18.4 Å². The number of thiophene rings is 1. The maximum atomic E-state index is 5.36. The molecule has 0 saturated carbocycles. The Morgan fingerprint density at radius 1 is 1.33 bits per heavy atom. The number of hydrogen-bond donors (Lipinski definition) is 3. The van der Waals surface area contributed by atoms with Gasteiger partial charge in [-0.1, -0.05) is 0 Å². The fraction of sp³-hybridized carbons (Fsp3) is 0.273. The molecule has 7 heteroatoms. The Kier molecular flexibility index (Phi) is 3.96. The van der Waals surface area contributed by atoms with E-state index in [9.17, 15) is 0 Å². The molecule has 0 radical (unpaired) electrons. The van der Waals surface area contributed by atoms with E-state index in [-0.39, 0.29) is 0 Å². The first-order chi connectivity index (χ1) is 8.76. The molecule has 2 aromatic heterocycles. The number of hydrogen-bond acceptors (Lipinski definition) is 7. The highest BCUT2D eigenvalue weighted by Crippen LogP contribution is 2.28. The smallest absolute Gasteiger partial charge is 0.205 e. The first-order valence-electron chi connectivity index (χ1n) is 5.37. The average molecular weight is 265 g/mol. The van der Waals surface area contributed by atoms with E-state index < -0.39 is 0 Å². The minimum absolute atomic E-state index is 0.456. The summed E-state index contributed by atoms with van der Waals surface area (Å²) in [6, 6.07) is 0. The summed E-state index contributed by atoms with van der Waals surface area (Å²) in [7, 11) is 1.56. The van der Waals surface area contributed by atoms with E-state index in [0.717, 1.165) is 0 Å². The second-order valence-corrected chi connectivity index (χ2v) is 4.43. The number of nitrogens with one attached hydrogen (secondary N) is 2. The SMILES string of the molecule is COc1c(NN)ncnc1NCc1cscc1C. The zero-order chi connectivity index (χ0) is 13.0. The summed E-state index contributed by atoms with van der Waals surface area (Å²) in [4.78, 5) is 8.13. The minimum Gasteiger partial charge on any atom is -0.490 e. The lowest BCUT2D eigenvalue weighted by Crippen LogP contribution is -2.12. The summed E-state index contributed by atoms with van der Waals surface area (Å²) in [5.41, 5.74) is 4.98. The van der Waals surface area contributed by atoms with Crippen molar-refractivity contribution in [2.45, 2.75) is 13.5 Å². The number of ether oxygens (including phenoxy) is 1. The summed E-state index contributed by atoms with van der Waals surface area (Å²) >= 11 is 1.68. The van der Waals surface area contributed by atoms with Gasteiger partial charge in [0, 0.05) is 6.54 Å². The standard InChI is InChI=1S/C11H15N5OS/c1-7-4-18-5-8(7)3-13-10-9(17-2)11(16-12)15-6-14-10/h4-6H,3,12H2,1-2H3,(H2,13,14,15,16). The lowest BCUT2D eigenvalue weighted by atomic mass is 10.2. The molecule has 0 amide bonds. The quantitative estimate of drug-likeness (QED) is 0.564. The van der Waals surface area contributed by atoms with Crippen LogP contribution in [0.4, 0.5) is 11.6 Å². The summed E-state index contributed by atoms with van der Waals surface area (Å²) in [5.74, 6) is 6.94. The van der Waals surface area contributed by atoms with Gasteiger partial charge < -0.3 is 15.5 Å². The van der Waals surface area contributed by atoms with Crippen LogP contribution in [0, 0.1) is 6.92 Å². The van der Waals surface area contributed by atoms with E-state index in [1.807, 2.05) is 0 Å². The fourth-order valence-electron chi connectivity index (χ4n) is 1.54. The molecule has 2 aromatic rings. The number of rotatable bonds is 5. The Balaban J connectivity index is 2.16. The predicted molar refractivity (Wildman–Crippen MR) is 72.8 cm³/mol. The van der Waals surface area contributed by atoms with E-state index in [1.165, 1.54) is 17.5 Å². The number of hydrazine groups is 1. The number of methoxy groups -OCH3 is 1. The molecule has 2 rings (SSSR count). The van der Waals surface area contributed by atoms with Gasteiger partial charge in [0.15, 0.2) is 11.6 Å². The van der Waals surface area contributed by atoms with Crippen molar-refractivity contribution in [3.63, 3.8) is 0 Å². The largest absolute Gasteiger partial charge is 0.490 e. The highest BCUT2D eigenvalue weighted by molar-refractivity contribution is 7.08. The van der Waals surface area contributed by atoms with Crippen molar-refractivity contribution in [3.05, 3.63) is 28.2 Å². The maximum Gasteiger partial charge on any atom is 0.205 e. The number of nitrogens with zero attached hydrogens (tertiary/aromatic N) is 2. The molecular formula is C11H15N5OS. The molecule has 2 heterocycles. The first-order valence-corrected chi connectivity index (χ1v) is 6.31. The van der Waals surface area contributed by atoms with Crippen LogP contribution in [-0.2, 0) is 6.54 Å². The van der Waals surface area contributed by atoms with Crippen LogP contribution in [0.15, 0.2) is 17.1 Å². The van der Waals surface area contributed by atoms with Gasteiger partial charge in [-0.25, -0.2) is 15.8 Å². The summed E-state index contributed by atoms with van der Waals surface area (Å²) < 4.78 is 5.24. The molecule has 0 fully saturated rings. The number of anilines is 2. The van der Waals surface area contributed by atoms with Crippen molar-refractivity contribution in [2.75, 3.05) is 17.9 Å². The molecule has 18 heavy (non-hydrogen) atoms. The lowest BCUT2D eigenvalue weighted by molar-refractivity contribution is 0.414. The molecule has 0 aromatic carbocycles. The molecule has 0 spiro atoms. The van der Waals surface area contributed by atoms with Crippen LogP contribution >= 0.6 is 11.3 Å². The molecule has 0 aliphatic heterocycles. The Morgan fingerprint density at radius 2 is 2.11 bits per heavy atom. The zero-order valence-electron chi connectivity index (χ0n) is 10.2. The van der Waals surface area contributed by atoms with Crippen molar-refractivity contribution in [1.29, 1.82) is 0 Å². The van der Waals surface area contributed by atoms with Gasteiger partial charge in [-0.05, 0) is 28.8 Å². The van der Waals surface area contributed by atoms with Crippen LogP contribution in [-0.4, -0.2) is 17.1 Å². The number of nitrogens with two attached hydrogens (primary N) is 1. The number of aryl methyl sites for hydroxylation is 1. The van der Waals surface area contributed by atoms with Crippen molar-refractivity contribution >= 4 is 23.0 Å². The van der Waals surface area contributed by atoms with Crippen LogP contribution < -0.4 is 21.3 Å². The minimum atomic E-state index is 0.456. The fourth-order valence-corrected chi connectivity index (χ4v) is 2.40. The third kappa shape index (κ3) is 2.52. The van der Waals surface area contributed by atoms with Gasteiger partial charge in [0.25, 0.3) is 0 Å². The molecule has 96 valence electrons. The Morgan fingerprint density at radius 3 is 2.72 bits per heavy atom. The third-order valence-corrected chi connectivity index (χ3v) is 3.46. The van der Waals surface area contributed by atoms with Crippen LogP contribution in [0.1, 0.15) is 11.1 Å². The molecule has 0 atom stereocenters. The Labute approximate surface area is 109 Å². The molecular weight excluding hydrogens is 250 g/mol. The van der Waals surface area contributed by atoms with Crippen LogP contribution in [0.3, 0.4) is 0 Å². The zero-order valence-corrected chi connectivity index (χ0v) is 11.0.